The first kappa shape index (κ1) is 7.55. The molecule has 0 saturated heterocycles. The van der Waals surface area contributed by atoms with Crippen LogP contribution in [0.4, 0.5) is 4.39 Å². The lowest BCUT2D eigenvalue weighted by molar-refractivity contribution is 0.353. The molecule has 0 saturated carbocycles. The highest BCUT2D eigenvalue weighted by atomic mass is 35.5. The number of hydrogen-bond acceptors (Lipinski definition) is 0. The Kier molecular flexibility index (Phi) is 1.95. The Balaban J connectivity index is 2.97. The number of halogens is 2. The fourth-order valence-electron chi connectivity index (χ4n) is 0.682. The Hall–Kier alpha value is -0.560. The average Bonchev–Trinajstić information content (AvgIpc) is 1.88. The van der Waals surface area contributed by atoms with Crippen LogP contribution in [0.1, 0.15) is 5.56 Å². The highest BCUT2D eigenvalue weighted by molar-refractivity contribution is 6.23. The van der Waals surface area contributed by atoms with E-state index >= 15 is 0 Å². The predicted octanol–water partition coefficient (Wildman–Crippen LogP) is 2.88. The molecule has 53 valence electrons. The van der Waals surface area contributed by atoms with Crippen LogP contribution in [0, 0.1) is 6.92 Å². The minimum Gasteiger partial charge on any atom is -0.221 e. The summed E-state index contributed by atoms with van der Waals surface area (Å²) in [6.07, 6.45) is 0. The van der Waals surface area contributed by atoms with E-state index in [1.165, 1.54) is 0 Å². The molecule has 1 rings (SSSR count). The molecule has 1 radical (unpaired) electrons. The van der Waals surface area contributed by atoms with Crippen LogP contribution in [0.15, 0.2) is 30.3 Å². The molecule has 0 spiro atoms. The monoisotopic (exact) mass is 157 g/mol. The topological polar surface area (TPSA) is 0 Å². The van der Waals surface area contributed by atoms with Crippen molar-refractivity contribution in [3.63, 3.8) is 0 Å². The molecule has 0 nitrogen and oxygen atoms in total. The van der Waals surface area contributed by atoms with Crippen LogP contribution in [-0.2, 0) is 5.13 Å². The molecule has 0 heterocycles. The summed E-state index contributed by atoms with van der Waals surface area (Å²) >= 11 is 5.28. The highest BCUT2D eigenvalue weighted by Crippen LogP contribution is 2.28. The van der Waals surface area contributed by atoms with Crippen molar-refractivity contribution in [2.75, 3.05) is 0 Å². The molecule has 2 heteroatoms. The quantitative estimate of drug-likeness (QED) is 0.550. The van der Waals surface area contributed by atoms with Gasteiger partial charge in [-0.05, 0) is 0 Å². The average molecular weight is 158 g/mol. The van der Waals surface area contributed by atoms with E-state index < -0.39 is 5.13 Å². The van der Waals surface area contributed by atoms with Gasteiger partial charge in [0.2, 0.25) is 5.13 Å². The molecule has 10 heavy (non-hydrogen) atoms. The maximum Gasteiger partial charge on any atom is 0.209 e. The van der Waals surface area contributed by atoms with Crippen LogP contribution in [0.2, 0.25) is 0 Å². The van der Waals surface area contributed by atoms with Crippen LogP contribution < -0.4 is 0 Å². The molecule has 0 fully saturated rings. The molecule has 1 atom stereocenters. The zero-order valence-electron chi connectivity index (χ0n) is 5.35. The van der Waals surface area contributed by atoms with E-state index in [2.05, 4.69) is 6.92 Å². The van der Waals surface area contributed by atoms with Crippen molar-refractivity contribution in [3.05, 3.63) is 42.8 Å². The summed E-state index contributed by atoms with van der Waals surface area (Å²) in [5, 5.41) is -1.98. The summed E-state index contributed by atoms with van der Waals surface area (Å²) in [4.78, 5) is 0. The Morgan fingerprint density at radius 1 is 1.30 bits per heavy atom. The van der Waals surface area contributed by atoms with Gasteiger partial charge < -0.3 is 0 Å². The predicted molar refractivity (Wildman–Crippen MR) is 40.4 cm³/mol. The van der Waals surface area contributed by atoms with Crippen LogP contribution in [-0.4, -0.2) is 0 Å². The standard InChI is InChI=1S/C8H7ClF/c1-8(9,10)7-5-3-2-4-6-7/h2-6H,1H2. The molecular weight excluding hydrogens is 151 g/mol. The molecule has 1 unspecified atom stereocenters. The largest absolute Gasteiger partial charge is 0.221 e. The lowest BCUT2D eigenvalue weighted by atomic mass is 10.1. The summed E-state index contributed by atoms with van der Waals surface area (Å²) in [6, 6.07) is 8.43. The third-order valence-electron chi connectivity index (χ3n) is 1.20. The summed E-state index contributed by atoms with van der Waals surface area (Å²) in [7, 11) is 0. The zero-order valence-corrected chi connectivity index (χ0v) is 6.11. The van der Waals surface area contributed by atoms with Crippen LogP contribution in [0.3, 0.4) is 0 Å². The van der Waals surface area contributed by atoms with E-state index in [1.807, 2.05) is 0 Å². The van der Waals surface area contributed by atoms with E-state index in [4.69, 9.17) is 11.6 Å². The van der Waals surface area contributed by atoms with E-state index in [-0.39, 0.29) is 0 Å². The van der Waals surface area contributed by atoms with Gasteiger partial charge in [-0.2, -0.15) is 0 Å². The number of benzene rings is 1. The molecular formula is C8H7ClF. The molecule has 0 amide bonds. The van der Waals surface area contributed by atoms with E-state index in [0.717, 1.165) is 0 Å². The molecule has 1 aromatic carbocycles. The lowest BCUT2D eigenvalue weighted by Crippen LogP contribution is -2.04. The summed E-state index contributed by atoms with van der Waals surface area (Å²) in [5.41, 5.74) is 0.386. The minimum atomic E-state index is -1.98. The van der Waals surface area contributed by atoms with Crippen LogP contribution in [0.25, 0.3) is 0 Å². The van der Waals surface area contributed by atoms with Crippen molar-refractivity contribution in [3.8, 4) is 0 Å². The van der Waals surface area contributed by atoms with Crippen LogP contribution in [0.5, 0.6) is 0 Å². The maximum atomic E-state index is 12.8. The van der Waals surface area contributed by atoms with Gasteiger partial charge in [-0.25, -0.2) is 4.39 Å². The van der Waals surface area contributed by atoms with Gasteiger partial charge in [0.15, 0.2) is 0 Å². The maximum absolute atomic E-state index is 12.8. The number of hydrogen-bond donors (Lipinski definition) is 0. The molecule has 0 bridgehead atoms. The minimum absolute atomic E-state index is 0.386. The second-order valence-electron chi connectivity index (χ2n) is 2.07. The van der Waals surface area contributed by atoms with E-state index in [9.17, 15) is 4.39 Å². The van der Waals surface area contributed by atoms with Gasteiger partial charge in [0.05, 0.1) is 0 Å². The van der Waals surface area contributed by atoms with Crippen molar-refractivity contribution < 1.29 is 4.39 Å². The van der Waals surface area contributed by atoms with Crippen molar-refractivity contribution in [1.29, 1.82) is 0 Å². The summed E-state index contributed by atoms with van der Waals surface area (Å²) in [5.74, 6) is 0. The van der Waals surface area contributed by atoms with Gasteiger partial charge in [0.1, 0.15) is 0 Å². The Morgan fingerprint density at radius 3 is 2.10 bits per heavy atom. The van der Waals surface area contributed by atoms with E-state index in [1.54, 1.807) is 30.3 Å². The Morgan fingerprint density at radius 2 is 1.80 bits per heavy atom. The van der Waals surface area contributed by atoms with Crippen molar-refractivity contribution in [2.45, 2.75) is 5.13 Å². The first-order valence-corrected chi connectivity index (χ1v) is 3.27. The molecule has 0 aliphatic heterocycles. The van der Waals surface area contributed by atoms with Gasteiger partial charge in [-0.15, -0.1) is 0 Å². The van der Waals surface area contributed by atoms with Crippen molar-refractivity contribution >= 4 is 11.6 Å². The number of rotatable bonds is 1. The van der Waals surface area contributed by atoms with Gasteiger partial charge in [-0.1, -0.05) is 41.9 Å². The third kappa shape index (κ3) is 1.71. The van der Waals surface area contributed by atoms with Gasteiger partial charge in [0, 0.05) is 12.5 Å². The van der Waals surface area contributed by atoms with Gasteiger partial charge in [0.25, 0.3) is 0 Å². The zero-order chi connectivity index (χ0) is 7.61. The molecule has 0 aliphatic rings. The third-order valence-corrected chi connectivity index (χ3v) is 1.41. The fourth-order valence-corrected chi connectivity index (χ4v) is 0.808. The van der Waals surface area contributed by atoms with Crippen LogP contribution >= 0.6 is 11.6 Å². The Labute approximate surface area is 64.6 Å². The summed E-state index contributed by atoms with van der Waals surface area (Å²) < 4.78 is 12.8. The first-order valence-electron chi connectivity index (χ1n) is 2.89. The molecule has 1 aromatic rings. The Bertz CT molecular complexity index is 200. The van der Waals surface area contributed by atoms with Gasteiger partial charge in [-0.3, -0.25) is 0 Å². The van der Waals surface area contributed by atoms with E-state index in [0.29, 0.717) is 5.56 Å². The second kappa shape index (κ2) is 2.59. The highest BCUT2D eigenvalue weighted by Gasteiger charge is 2.20. The second-order valence-corrected chi connectivity index (χ2v) is 2.67. The number of alkyl halides is 2. The van der Waals surface area contributed by atoms with Crippen molar-refractivity contribution in [1.82, 2.24) is 0 Å². The van der Waals surface area contributed by atoms with Crippen molar-refractivity contribution in [2.24, 2.45) is 0 Å². The first-order chi connectivity index (χ1) is 4.61. The molecule has 0 N–H and O–H groups in total. The lowest BCUT2D eigenvalue weighted by Gasteiger charge is -2.10. The fraction of sp³-hybridized carbons (Fsp3) is 0.125. The molecule has 0 aromatic heterocycles. The normalized spacial score (nSPS) is 16.3. The summed E-state index contributed by atoms with van der Waals surface area (Å²) in [6.45, 7) is 3.14. The smallest absolute Gasteiger partial charge is 0.209 e. The van der Waals surface area contributed by atoms with Gasteiger partial charge >= 0.3 is 0 Å². The SMILES string of the molecule is [CH2]C(F)(Cl)c1ccccc1. The molecule has 0 aliphatic carbocycles.